The van der Waals surface area contributed by atoms with Crippen LogP contribution in [0.2, 0.25) is 5.02 Å². The third-order valence-electron chi connectivity index (χ3n) is 4.29. The molecule has 3 rings (SSSR count). The molecule has 1 aliphatic heterocycles. The number of hydrogen-bond acceptors (Lipinski definition) is 3. The van der Waals surface area contributed by atoms with Gasteiger partial charge in [-0.05, 0) is 31.2 Å². The van der Waals surface area contributed by atoms with E-state index in [1.807, 2.05) is 7.05 Å². The lowest BCUT2D eigenvalue weighted by Crippen LogP contribution is -3.12. The summed E-state index contributed by atoms with van der Waals surface area (Å²) in [7, 11) is 1.83. The Hall–Kier alpha value is -2.31. The van der Waals surface area contributed by atoms with Crippen LogP contribution in [-0.2, 0) is 11.3 Å². The summed E-state index contributed by atoms with van der Waals surface area (Å²) in [4.78, 5) is 13.3. The van der Waals surface area contributed by atoms with Crippen molar-refractivity contribution < 1.29 is 23.6 Å². The van der Waals surface area contributed by atoms with Crippen LogP contribution in [0, 0.1) is 5.82 Å². The van der Waals surface area contributed by atoms with E-state index in [4.69, 9.17) is 21.1 Å². The molecule has 2 N–H and O–H groups in total. The lowest BCUT2D eigenvalue weighted by atomic mass is 10.1. The van der Waals surface area contributed by atoms with Crippen molar-refractivity contribution >= 4 is 23.2 Å². The van der Waals surface area contributed by atoms with Crippen molar-refractivity contribution in [2.45, 2.75) is 19.5 Å². The average Bonchev–Trinajstić information content (AvgIpc) is 3.05. The van der Waals surface area contributed by atoms with Gasteiger partial charge in [-0.15, -0.1) is 0 Å². The summed E-state index contributed by atoms with van der Waals surface area (Å²) >= 11 is 6.06. The van der Waals surface area contributed by atoms with E-state index in [-0.39, 0.29) is 18.5 Å². The molecule has 0 saturated carbocycles. The number of benzene rings is 2. The highest BCUT2D eigenvalue weighted by atomic mass is 35.5. The van der Waals surface area contributed by atoms with E-state index < -0.39 is 6.04 Å². The van der Waals surface area contributed by atoms with Crippen LogP contribution in [-0.4, -0.2) is 25.8 Å². The molecule has 1 aliphatic rings. The molecule has 2 aromatic rings. The summed E-state index contributed by atoms with van der Waals surface area (Å²) in [6.07, 6.45) is 0. The topological polar surface area (TPSA) is 52.0 Å². The van der Waals surface area contributed by atoms with E-state index in [1.54, 1.807) is 37.3 Å². The number of halogens is 2. The normalized spacial score (nSPS) is 14.9. The van der Waals surface area contributed by atoms with Gasteiger partial charge in [-0.25, -0.2) is 4.39 Å². The highest BCUT2D eigenvalue weighted by Gasteiger charge is 2.24. The van der Waals surface area contributed by atoms with Gasteiger partial charge in [0.1, 0.15) is 12.4 Å². The van der Waals surface area contributed by atoms with E-state index in [2.05, 4.69) is 5.32 Å². The minimum Gasteiger partial charge on any atom is -0.454 e. The van der Waals surface area contributed by atoms with Crippen molar-refractivity contribution in [1.82, 2.24) is 0 Å². The number of anilines is 1. The third-order valence-corrected chi connectivity index (χ3v) is 4.64. The Bertz CT molecular complexity index is 780. The number of nitrogens with one attached hydrogen (secondary N) is 2. The molecule has 0 fully saturated rings. The molecular weight excluding hydrogens is 347 g/mol. The second-order valence-electron chi connectivity index (χ2n) is 6.00. The van der Waals surface area contributed by atoms with Crippen LogP contribution in [0.5, 0.6) is 11.5 Å². The standard InChI is InChI=1S/C18H18ClFN2O3/c1-11(22(2)9-13-14(19)4-3-5-15(13)20)18(23)21-12-6-7-16-17(8-12)25-10-24-16/h3-8,11H,9-10H2,1-2H3,(H,21,23)/p+1/t11-/m1/s1. The van der Waals surface area contributed by atoms with E-state index in [0.29, 0.717) is 34.3 Å². The van der Waals surface area contributed by atoms with Crippen molar-refractivity contribution in [3.8, 4) is 11.5 Å². The number of rotatable bonds is 5. The number of amides is 1. The molecule has 25 heavy (non-hydrogen) atoms. The predicted octanol–water partition coefficient (Wildman–Crippen LogP) is 2.25. The zero-order valence-corrected chi connectivity index (χ0v) is 14.7. The van der Waals surface area contributed by atoms with Gasteiger partial charge < -0.3 is 19.7 Å². The van der Waals surface area contributed by atoms with E-state index >= 15 is 0 Å². The first-order valence-electron chi connectivity index (χ1n) is 7.91. The molecular formula is C18H19ClFN2O3+. The van der Waals surface area contributed by atoms with Gasteiger partial charge >= 0.3 is 0 Å². The Balaban J connectivity index is 1.65. The van der Waals surface area contributed by atoms with Crippen molar-refractivity contribution in [2.75, 3.05) is 19.2 Å². The Morgan fingerprint density at radius 1 is 1.32 bits per heavy atom. The fourth-order valence-electron chi connectivity index (χ4n) is 2.58. The van der Waals surface area contributed by atoms with Crippen molar-refractivity contribution in [2.24, 2.45) is 0 Å². The van der Waals surface area contributed by atoms with Gasteiger partial charge in [-0.2, -0.15) is 0 Å². The second kappa shape index (κ2) is 7.29. The molecule has 0 spiro atoms. The number of carbonyl (C=O) groups is 1. The maximum atomic E-state index is 13.9. The van der Waals surface area contributed by atoms with Gasteiger partial charge in [0.2, 0.25) is 6.79 Å². The molecule has 0 saturated heterocycles. The quantitative estimate of drug-likeness (QED) is 0.854. The number of quaternary nitrogens is 1. The molecule has 1 unspecified atom stereocenters. The largest absolute Gasteiger partial charge is 0.454 e. The molecule has 5 nitrogen and oxygen atoms in total. The molecule has 0 aliphatic carbocycles. The lowest BCUT2D eigenvalue weighted by molar-refractivity contribution is -0.908. The Kier molecular flexibility index (Phi) is 5.11. The minimum atomic E-state index is -0.402. The van der Waals surface area contributed by atoms with Crippen LogP contribution in [0.4, 0.5) is 10.1 Å². The van der Waals surface area contributed by atoms with Crippen molar-refractivity contribution in [3.05, 3.63) is 52.8 Å². The molecule has 2 atom stereocenters. The van der Waals surface area contributed by atoms with Gasteiger partial charge in [0.25, 0.3) is 5.91 Å². The fourth-order valence-corrected chi connectivity index (χ4v) is 2.81. The molecule has 132 valence electrons. The van der Waals surface area contributed by atoms with Crippen LogP contribution in [0.25, 0.3) is 0 Å². The average molecular weight is 366 g/mol. The van der Waals surface area contributed by atoms with Gasteiger partial charge in [-0.3, -0.25) is 4.79 Å². The van der Waals surface area contributed by atoms with E-state index in [0.717, 1.165) is 4.90 Å². The SMILES string of the molecule is C[C@H](C(=O)Nc1ccc2c(c1)OCO2)[NH+](C)Cc1c(F)cccc1Cl. The van der Waals surface area contributed by atoms with Crippen molar-refractivity contribution in [3.63, 3.8) is 0 Å². The van der Waals surface area contributed by atoms with Crippen LogP contribution in [0.1, 0.15) is 12.5 Å². The lowest BCUT2D eigenvalue weighted by Gasteiger charge is -2.22. The molecule has 0 aromatic heterocycles. The van der Waals surface area contributed by atoms with Crippen LogP contribution in [0.15, 0.2) is 36.4 Å². The Morgan fingerprint density at radius 3 is 2.84 bits per heavy atom. The number of carbonyl (C=O) groups excluding carboxylic acids is 1. The molecule has 1 amide bonds. The molecule has 0 radical (unpaired) electrons. The second-order valence-corrected chi connectivity index (χ2v) is 6.41. The molecule has 2 aromatic carbocycles. The van der Waals surface area contributed by atoms with E-state index in [1.165, 1.54) is 6.07 Å². The van der Waals surface area contributed by atoms with Crippen LogP contribution >= 0.6 is 11.6 Å². The van der Waals surface area contributed by atoms with Crippen LogP contribution < -0.4 is 19.7 Å². The summed E-state index contributed by atoms with van der Waals surface area (Å²) in [5.41, 5.74) is 1.03. The van der Waals surface area contributed by atoms with Crippen LogP contribution in [0.3, 0.4) is 0 Å². The molecule has 7 heteroatoms. The maximum Gasteiger partial charge on any atom is 0.282 e. The minimum absolute atomic E-state index is 0.177. The summed E-state index contributed by atoms with van der Waals surface area (Å²) in [5.74, 6) is 0.714. The number of likely N-dealkylation sites (N-methyl/N-ethyl adjacent to an activating group) is 1. The Morgan fingerprint density at radius 2 is 2.08 bits per heavy atom. The number of hydrogen-bond donors (Lipinski definition) is 2. The monoisotopic (exact) mass is 365 g/mol. The molecule has 1 heterocycles. The Labute approximate surface area is 150 Å². The highest BCUT2D eigenvalue weighted by Crippen LogP contribution is 2.34. The molecule has 0 bridgehead atoms. The van der Waals surface area contributed by atoms with Crippen molar-refractivity contribution in [1.29, 1.82) is 0 Å². The predicted molar refractivity (Wildman–Crippen MR) is 92.7 cm³/mol. The first-order chi connectivity index (χ1) is 12.0. The third kappa shape index (κ3) is 3.86. The zero-order valence-electron chi connectivity index (χ0n) is 13.9. The summed E-state index contributed by atoms with van der Waals surface area (Å²) < 4.78 is 24.5. The summed E-state index contributed by atoms with van der Waals surface area (Å²) in [6, 6.07) is 9.39. The first-order valence-corrected chi connectivity index (χ1v) is 8.29. The highest BCUT2D eigenvalue weighted by molar-refractivity contribution is 6.31. The van der Waals surface area contributed by atoms with E-state index in [9.17, 15) is 9.18 Å². The van der Waals surface area contributed by atoms with Gasteiger partial charge in [0, 0.05) is 11.8 Å². The maximum absolute atomic E-state index is 13.9. The number of fused-ring (bicyclic) bond motifs is 1. The summed E-state index contributed by atoms with van der Waals surface area (Å²) in [5, 5.41) is 3.21. The summed E-state index contributed by atoms with van der Waals surface area (Å²) in [6.45, 7) is 2.27. The van der Waals surface area contributed by atoms with Gasteiger partial charge in [0.15, 0.2) is 17.5 Å². The fraction of sp³-hybridized carbons (Fsp3) is 0.278. The van der Waals surface area contributed by atoms with Gasteiger partial charge in [-0.1, -0.05) is 17.7 Å². The smallest absolute Gasteiger partial charge is 0.282 e. The zero-order chi connectivity index (χ0) is 18.0. The van der Waals surface area contributed by atoms with Gasteiger partial charge in [0.05, 0.1) is 17.6 Å². The number of ether oxygens (including phenoxy) is 2. The first kappa shape index (κ1) is 17.5.